The highest BCUT2D eigenvalue weighted by Crippen LogP contribution is 2.38. The van der Waals surface area contributed by atoms with Gasteiger partial charge in [0.15, 0.2) is 18.1 Å². The molecule has 0 aliphatic carbocycles. The average molecular weight is 367 g/mol. The van der Waals surface area contributed by atoms with Gasteiger partial charge in [-0.1, -0.05) is 0 Å². The number of halogens is 3. The first-order chi connectivity index (χ1) is 12.0. The van der Waals surface area contributed by atoms with Crippen LogP contribution in [0.3, 0.4) is 0 Å². The Morgan fingerprint density at radius 1 is 1.27 bits per heavy atom. The average Bonchev–Trinajstić information content (AvgIpc) is 2.53. The summed E-state index contributed by atoms with van der Waals surface area (Å²) in [6.07, 6.45) is -2.83. The van der Waals surface area contributed by atoms with Crippen LogP contribution in [0.1, 0.15) is 16.7 Å². The molecule has 1 aromatic heterocycles. The molecule has 11 heteroatoms. The number of hydrogen-bond acceptors (Lipinski definition) is 6. The Balaban J connectivity index is 2.62. The normalized spacial score (nSPS) is 11.8. The standard InChI is InChI=1S/C15H8F3N3O5/c16-15(17,18)11-2-8(6-20(24)7-11)1-10(5-19)9-3-12(21(25)26)14(23)13(22)4-9/h1-4,6-7,22-23H/b10-1-. The second kappa shape index (κ2) is 6.60. The maximum Gasteiger partial charge on any atom is 0.422 e. The Morgan fingerprint density at radius 2 is 1.92 bits per heavy atom. The Kier molecular flexibility index (Phi) is 4.70. The van der Waals surface area contributed by atoms with Gasteiger partial charge in [-0.2, -0.15) is 23.2 Å². The quantitative estimate of drug-likeness (QED) is 0.214. The van der Waals surface area contributed by atoms with Crippen LogP contribution >= 0.6 is 0 Å². The molecule has 0 atom stereocenters. The molecule has 0 saturated carbocycles. The van der Waals surface area contributed by atoms with Gasteiger partial charge < -0.3 is 15.4 Å². The minimum atomic E-state index is -4.79. The van der Waals surface area contributed by atoms with Crippen LogP contribution < -0.4 is 4.73 Å². The zero-order valence-corrected chi connectivity index (χ0v) is 12.6. The number of nitrogens with zero attached hydrogens (tertiary/aromatic N) is 3. The summed E-state index contributed by atoms with van der Waals surface area (Å²) in [4.78, 5) is 9.85. The van der Waals surface area contributed by atoms with Gasteiger partial charge in [-0.25, -0.2) is 0 Å². The molecule has 0 bridgehead atoms. The van der Waals surface area contributed by atoms with Gasteiger partial charge in [-0.15, -0.1) is 0 Å². The minimum Gasteiger partial charge on any atom is -0.619 e. The SMILES string of the molecule is N#C/C(=C/c1cc(C(F)(F)F)c[n+]([O-])c1)c1cc(O)c(O)c([N+](=O)[O-])c1. The molecule has 0 unspecified atom stereocenters. The number of aromatic hydroxyl groups is 2. The molecule has 0 aliphatic heterocycles. The molecule has 0 spiro atoms. The zero-order chi connectivity index (χ0) is 19.6. The van der Waals surface area contributed by atoms with Gasteiger partial charge in [0.2, 0.25) is 5.75 Å². The van der Waals surface area contributed by atoms with Crippen LogP contribution in [0.4, 0.5) is 18.9 Å². The number of aromatic nitrogens is 1. The first-order valence-electron chi connectivity index (χ1n) is 6.66. The first-order valence-corrected chi connectivity index (χ1v) is 6.66. The van der Waals surface area contributed by atoms with E-state index in [4.69, 9.17) is 0 Å². The molecule has 0 saturated heterocycles. The zero-order valence-electron chi connectivity index (χ0n) is 12.6. The van der Waals surface area contributed by atoms with E-state index in [0.717, 1.165) is 24.4 Å². The Labute approximate surface area is 143 Å². The summed E-state index contributed by atoms with van der Waals surface area (Å²) in [7, 11) is 0. The first kappa shape index (κ1) is 18.5. The molecule has 0 amide bonds. The molecule has 2 aromatic rings. The molecule has 0 radical (unpaired) electrons. The summed E-state index contributed by atoms with van der Waals surface area (Å²) in [6.45, 7) is 0. The predicted molar refractivity (Wildman–Crippen MR) is 80.3 cm³/mol. The van der Waals surface area contributed by atoms with Crippen molar-refractivity contribution in [1.29, 1.82) is 5.26 Å². The van der Waals surface area contributed by atoms with Crippen LogP contribution in [0.25, 0.3) is 11.6 Å². The number of allylic oxidation sites excluding steroid dienone is 1. The maximum atomic E-state index is 12.8. The third-order valence-electron chi connectivity index (χ3n) is 3.20. The summed E-state index contributed by atoms with van der Waals surface area (Å²) in [5.74, 6) is -1.91. The number of benzene rings is 1. The van der Waals surface area contributed by atoms with Crippen LogP contribution in [0.5, 0.6) is 11.5 Å². The van der Waals surface area contributed by atoms with Crippen molar-refractivity contribution >= 4 is 17.3 Å². The van der Waals surface area contributed by atoms with Crippen LogP contribution in [0.2, 0.25) is 0 Å². The van der Waals surface area contributed by atoms with E-state index in [1.807, 2.05) is 0 Å². The highest BCUT2D eigenvalue weighted by atomic mass is 19.4. The highest BCUT2D eigenvalue weighted by molar-refractivity contribution is 5.91. The highest BCUT2D eigenvalue weighted by Gasteiger charge is 2.33. The van der Waals surface area contributed by atoms with E-state index in [2.05, 4.69) is 0 Å². The number of hydrogen-bond donors (Lipinski definition) is 2. The van der Waals surface area contributed by atoms with E-state index in [0.29, 0.717) is 12.3 Å². The number of nitro benzene ring substituents is 1. The lowest BCUT2D eigenvalue weighted by Crippen LogP contribution is -2.27. The number of alkyl halides is 3. The van der Waals surface area contributed by atoms with Crippen molar-refractivity contribution in [2.24, 2.45) is 0 Å². The van der Waals surface area contributed by atoms with Gasteiger partial charge in [-0.05, 0) is 18.2 Å². The second-order valence-electron chi connectivity index (χ2n) is 5.01. The van der Waals surface area contributed by atoms with Gasteiger partial charge >= 0.3 is 11.9 Å². The molecular weight excluding hydrogens is 359 g/mol. The summed E-state index contributed by atoms with van der Waals surface area (Å²) in [5, 5.41) is 50.4. The molecule has 0 fully saturated rings. The van der Waals surface area contributed by atoms with Crippen molar-refractivity contribution < 1.29 is 33.0 Å². The van der Waals surface area contributed by atoms with Gasteiger partial charge in [0.25, 0.3) is 0 Å². The van der Waals surface area contributed by atoms with E-state index < -0.39 is 33.8 Å². The number of pyridine rings is 1. The lowest BCUT2D eigenvalue weighted by atomic mass is 10.0. The van der Waals surface area contributed by atoms with Crippen molar-refractivity contribution in [3.05, 3.63) is 62.6 Å². The molecule has 1 aromatic carbocycles. The molecule has 1 heterocycles. The number of phenolic OH excluding ortho intramolecular Hbond substituents is 2. The van der Waals surface area contributed by atoms with Crippen molar-refractivity contribution in [3.63, 3.8) is 0 Å². The molecular formula is C15H8F3N3O5. The van der Waals surface area contributed by atoms with Crippen molar-refractivity contribution in [2.45, 2.75) is 6.18 Å². The van der Waals surface area contributed by atoms with E-state index >= 15 is 0 Å². The van der Waals surface area contributed by atoms with Gasteiger partial charge in [0.05, 0.1) is 16.6 Å². The fourth-order valence-corrected chi connectivity index (χ4v) is 2.06. The van der Waals surface area contributed by atoms with E-state index in [1.54, 1.807) is 6.07 Å². The van der Waals surface area contributed by atoms with Crippen LogP contribution in [0.15, 0.2) is 30.6 Å². The fourth-order valence-electron chi connectivity index (χ4n) is 2.06. The van der Waals surface area contributed by atoms with Crippen LogP contribution in [0, 0.1) is 26.7 Å². The van der Waals surface area contributed by atoms with Crippen LogP contribution in [-0.4, -0.2) is 15.1 Å². The van der Waals surface area contributed by atoms with Gasteiger partial charge in [0, 0.05) is 17.2 Å². The molecule has 2 N–H and O–H groups in total. The van der Waals surface area contributed by atoms with Crippen LogP contribution in [-0.2, 0) is 6.18 Å². The van der Waals surface area contributed by atoms with E-state index in [9.17, 15) is 44.0 Å². The Morgan fingerprint density at radius 3 is 2.46 bits per heavy atom. The topological polar surface area (TPSA) is 134 Å². The maximum absolute atomic E-state index is 12.8. The molecule has 26 heavy (non-hydrogen) atoms. The Bertz CT molecular complexity index is 964. The second-order valence-corrected chi connectivity index (χ2v) is 5.01. The van der Waals surface area contributed by atoms with Gasteiger partial charge in [0.1, 0.15) is 5.56 Å². The monoisotopic (exact) mass is 367 g/mol. The smallest absolute Gasteiger partial charge is 0.422 e. The van der Waals surface area contributed by atoms with Crippen molar-refractivity contribution in [1.82, 2.24) is 0 Å². The van der Waals surface area contributed by atoms with Crippen molar-refractivity contribution in [2.75, 3.05) is 0 Å². The number of phenols is 2. The number of nitro groups is 1. The molecule has 134 valence electrons. The largest absolute Gasteiger partial charge is 0.619 e. The summed E-state index contributed by atoms with van der Waals surface area (Å²) >= 11 is 0. The lowest BCUT2D eigenvalue weighted by molar-refractivity contribution is -0.606. The molecule has 8 nitrogen and oxygen atoms in total. The Hall–Kier alpha value is -3.81. The third-order valence-corrected chi connectivity index (χ3v) is 3.20. The lowest BCUT2D eigenvalue weighted by Gasteiger charge is -2.08. The third kappa shape index (κ3) is 3.81. The molecule has 2 rings (SSSR count). The minimum absolute atomic E-state index is 0.0968. The van der Waals surface area contributed by atoms with E-state index in [1.165, 1.54) is 0 Å². The van der Waals surface area contributed by atoms with Crippen molar-refractivity contribution in [3.8, 4) is 17.6 Å². The number of nitriles is 1. The predicted octanol–water partition coefficient (Wildman–Crippen LogP) is 2.72. The van der Waals surface area contributed by atoms with Gasteiger partial charge in [-0.3, -0.25) is 10.1 Å². The van der Waals surface area contributed by atoms with E-state index in [-0.39, 0.29) is 21.4 Å². The molecule has 0 aliphatic rings. The summed E-state index contributed by atoms with van der Waals surface area (Å²) in [6, 6.07) is 3.82. The number of rotatable bonds is 3. The summed E-state index contributed by atoms with van der Waals surface area (Å²) < 4.78 is 38.2. The fraction of sp³-hybridized carbons (Fsp3) is 0.0667. The summed E-state index contributed by atoms with van der Waals surface area (Å²) in [5.41, 5.74) is -3.05.